The summed E-state index contributed by atoms with van der Waals surface area (Å²) in [5, 5.41) is 11.1. The van der Waals surface area contributed by atoms with Gasteiger partial charge in [-0.15, -0.1) is 5.10 Å². The molecule has 1 N–H and O–H groups in total. The van der Waals surface area contributed by atoms with Crippen molar-refractivity contribution in [3.05, 3.63) is 48.7 Å². The fraction of sp³-hybridized carbons (Fsp3) is 0.333. The van der Waals surface area contributed by atoms with Gasteiger partial charge in [-0.3, -0.25) is 0 Å². The van der Waals surface area contributed by atoms with Crippen LogP contribution in [0.3, 0.4) is 0 Å². The number of nitrogens with zero attached hydrogens (tertiary/aromatic N) is 5. The first kappa shape index (κ1) is 20.0. The van der Waals surface area contributed by atoms with Crippen LogP contribution in [-0.2, 0) is 4.74 Å². The van der Waals surface area contributed by atoms with Gasteiger partial charge in [0.05, 0.1) is 37.4 Å². The van der Waals surface area contributed by atoms with Crippen molar-refractivity contribution in [3.8, 4) is 17.0 Å². The van der Waals surface area contributed by atoms with Gasteiger partial charge in [0.25, 0.3) is 0 Å². The second-order valence-corrected chi connectivity index (χ2v) is 7.23. The summed E-state index contributed by atoms with van der Waals surface area (Å²) >= 11 is 0. The van der Waals surface area contributed by atoms with Crippen LogP contribution in [0.25, 0.3) is 11.1 Å². The Labute approximate surface area is 174 Å². The highest BCUT2D eigenvalue weighted by molar-refractivity contribution is 5.68. The van der Waals surface area contributed by atoms with Gasteiger partial charge in [-0.2, -0.15) is 5.10 Å². The summed E-state index contributed by atoms with van der Waals surface area (Å²) in [6, 6.07) is 7.11. The average molecular weight is 410 g/mol. The SMILES string of the molecule is COc1ccc(-c2cnnc(Nc3cc(N4C[C@@H](C)O[C@@H](C)C4)ncc3F)c2)cn1. The largest absolute Gasteiger partial charge is 0.481 e. The summed E-state index contributed by atoms with van der Waals surface area (Å²) in [5.41, 5.74) is 1.93. The van der Waals surface area contributed by atoms with Crippen LogP contribution in [0, 0.1) is 5.82 Å². The Morgan fingerprint density at radius 1 is 1.07 bits per heavy atom. The van der Waals surface area contributed by atoms with Crippen molar-refractivity contribution >= 4 is 17.3 Å². The van der Waals surface area contributed by atoms with Crippen LogP contribution in [0.4, 0.5) is 21.7 Å². The molecule has 0 saturated carbocycles. The summed E-state index contributed by atoms with van der Waals surface area (Å²) in [6.07, 6.45) is 4.69. The van der Waals surface area contributed by atoms with Crippen LogP contribution < -0.4 is 15.0 Å². The lowest BCUT2D eigenvalue weighted by Crippen LogP contribution is -2.45. The van der Waals surface area contributed by atoms with Crippen molar-refractivity contribution in [3.63, 3.8) is 0 Å². The van der Waals surface area contributed by atoms with Crippen LogP contribution in [0.1, 0.15) is 13.8 Å². The molecular formula is C21H23FN6O2. The molecule has 1 aliphatic rings. The molecule has 0 radical (unpaired) electrons. The topological polar surface area (TPSA) is 85.3 Å². The third kappa shape index (κ3) is 4.46. The summed E-state index contributed by atoms with van der Waals surface area (Å²) in [5.74, 6) is 1.16. The molecule has 0 aromatic carbocycles. The normalized spacial score (nSPS) is 18.9. The number of morpholine rings is 1. The number of anilines is 3. The molecule has 0 unspecified atom stereocenters. The van der Waals surface area contributed by atoms with E-state index >= 15 is 0 Å². The molecular weight excluding hydrogens is 387 g/mol. The van der Waals surface area contributed by atoms with Crippen LogP contribution in [-0.4, -0.2) is 52.6 Å². The number of hydrogen-bond acceptors (Lipinski definition) is 8. The fourth-order valence-corrected chi connectivity index (χ4v) is 3.46. The molecule has 4 rings (SSSR count). The molecule has 2 atom stereocenters. The minimum atomic E-state index is -0.466. The van der Waals surface area contributed by atoms with E-state index < -0.39 is 5.82 Å². The van der Waals surface area contributed by atoms with Gasteiger partial charge < -0.3 is 19.7 Å². The van der Waals surface area contributed by atoms with Gasteiger partial charge in [0.2, 0.25) is 5.88 Å². The maximum Gasteiger partial charge on any atom is 0.212 e. The minimum absolute atomic E-state index is 0.0812. The van der Waals surface area contributed by atoms with Crippen LogP contribution in [0.5, 0.6) is 5.88 Å². The molecule has 4 heterocycles. The Morgan fingerprint density at radius 2 is 1.87 bits per heavy atom. The third-order valence-corrected chi connectivity index (χ3v) is 4.78. The highest BCUT2D eigenvalue weighted by Crippen LogP contribution is 2.27. The summed E-state index contributed by atoms with van der Waals surface area (Å²) < 4.78 is 25.3. The van der Waals surface area contributed by atoms with E-state index in [1.807, 2.05) is 19.9 Å². The first-order valence-electron chi connectivity index (χ1n) is 9.68. The smallest absolute Gasteiger partial charge is 0.212 e. The molecule has 1 saturated heterocycles. The molecule has 3 aromatic heterocycles. The Hall–Kier alpha value is -3.33. The van der Waals surface area contributed by atoms with E-state index in [0.717, 1.165) is 11.1 Å². The number of rotatable bonds is 5. The molecule has 0 spiro atoms. The van der Waals surface area contributed by atoms with E-state index in [0.29, 0.717) is 30.6 Å². The molecule has 3 aromatic rings. The monoisotopic (exact) mass is 410 g/mol. The maximum absolute atomic E-state index is 14.4. The minimum Gasteiger partial charge on any atom is -0.481 e. The Kier molecular flexibility index (Phi) is 5.71. The lowest BCUT2D eigenvalue weighted by molar-refractivity contribution is -0.00546. The predicted octanol–water partition coefficient (Wildman–Crippen LogP) is 3.44. The number of halogens is 1. The van der Waals surface area contributed by atoms with E-state index in [1.54, 1.807) is 37.7 Å². The van der Waals surface area contributed by atoms with Crippen LogP contribution in [0.15, 0.2) is 42.9 Å². The van der Waals surface area contributed by atoms with Crippen molar-refractivity contribution in [2.45, 2.75) is 26.1 Å². The van der Waals surface area contributed by atoms with Gasteiger partial charge in [-0.1, -0.05) is 0 Å². The molecule has 156 valence electrons. The zero-order chi connectivity index (χ0) is 21.1. The van der Waals surface area contributed by atoms with Gasteiger partial charge in [0.15, 0.2) is 11.6 Å². The summed E-state index contributed by atoms with van der Waals surface area (Å²) in [7, 11) is 1.56. The molecule has 0 amide bonds. The average Bonchev–Trinajstić information content (AvgIpc) is 2.75. The molecule has 8 nitrogen and oxygen atoms in total. The zero-order valence-corrected chi connectivity index (χ0v) is 17.0. The van der Waals surface area contributed by atoms with Crippen LogP contribution in [0.2, 0.25) is 0 Å². The molecule has 1 aliphatic heterocycles. The van der Waals surface area contributed by atoms with Gasteiger partial charge in [0, 0.05) is 42.5 Å². The zero-order valence-electron chi connectivity index (χ0n) is 17.0. The number of hydrogen-bond donors (Lipinski definition) is 1. The lowest BCUT2D eigenvalue weighted by Gasteiger charge is -2.36. The lowest BCUT2D eigenvalue weighted by atomic mass is 10.1. The Balaban J connectivity index is 1.56. The second kappa shape index (κ2) is 8.58. The van der Waals surface area contributed by atoms with Crippen molar-refractivity contribution in [2.75, 3.05) is 30.4 Å². The fourth-order valence-electron chi connectivity index (χ4n) is 3.46. The molecule has 9 heteroatoms. The number of aromatic nitrogens is 4. The van der Waals surface area contributed by atoms with Gasteiger partial charge in [-0.25, -0.2) is 14.4 Å². The number of ether oxygens (including phenoxy) is 2. The van der Waals surface area contributed by atoms with E-state index in [1.165, 1.54) is 6.20 Å². The standard InChI is InChI=1S/C21H23FN6O2/c1-13-11-28(12-14(2)30-13)20-7-18(17(22)10-23-20)26-19-6-16(9-25-27-19)15-4-5-21(29-3)24-8-15/h4-10,13-14H,11-12H2,1-3H3,(H,23,26,27)/t13-,14+. The maximum atomic E-state index is 14.4. The van der Waals surface area contributed by atoms with E-state index in [9.17, 15) is 4.39 Å². The van der Waals surface area contributed by atoms with Crippen molar-refractivity contribution < 1.29 is 13.9 Å². The summed E-state index contributed by atoms with van der Waals surface area (Å²) in [4.78, 5) is 10.5. The third-order valence-electron chi connectivity index (χ3n) is 4.78. The predicted molar refractivity (Wildman–Crippen MR) is 112 cm³/mol. The molecule has 1 fully saturated rings. The van der Waals surface area contributed by atoms with Crippen LogP contribution >= 0.6 is 0 Å². The number of nitrogens with one attached hydrogen (secondary N) is 1. The molecule has 0 aliphatic carbocycles. The van der Waals surface area contributed by atoms with Crippen molar-refractivity contribution in [2.24, 2.45) is 0 Å². The molecule has 0 bridgehead atoms. The Morgan fingerprint density at radius 3 is 2.57 bits per heavy atom. The highest BCUT2D eigenvalue weighted by atomic mass is 19.1. The molecule has 30 heavy (non-hydrogen) atoms. The first-order chi connectivity index (χ1) is 14.5. The Bertz CT molecular complexity index is 1010. The quantitative estimate of drug-likeness (QED) is 0.685. The van der Waals surface area contributed by atoms with Gasteiger partial charge >= 0.3 is 0 Å². The number of methoxy groups -OCH3 is 1. The second-order valence-electron chi connectivity index (χ2n) is 7.23. The van der Waals surface area contributed by atoms with Crippen molar-refractivity contribution in [1.82, 2.24) is 20.2 Å². The van der Waals surface area contributed by atoms with E-state index in [2.05, 4.69) is 30.4 Å². The van der Waals surface area contributed by atoms with E-state index in [-0.39, 0.29) is 17.9 Å². The highest BCUT2D eigenvalue weighted by Gasteiger charge is 2.24. The van der Waals surface area contributed by atoms with Gasteiger partial charge in [-0.05, 0) is 26.0 Å². The number of pyridine rings is 2. The van der Waals surface area contributed by atoms with Crippen molar-refractivity contribution in [1.29, 1.82) is 0 Å². The van der Waals surface area contributed by atoms with Gasteiger partial charge in [0.1, 0.15) is 5.82 Å². The first-order valence-corrected chi connectivity index (χ1v) is 9.68. The summed E-state index contributed by atoms with van der Waals surface area (Å²) in [6.45, 7) is 5.42. The van der Waals surface area contributed by atoms with E-state index in [4.69, 9.17) is 9.47 Å².